The summed E-state index contributed by atoms with van der Waals surface area (Å²) in [4.78, 5) is 11.2. The van der Waals surface area contributed by atoms with Gasteiger partial charge in [0.15, 0.2) is 0 Å². The maximum atomic E-state index is 12.6. The van der Waals surface area contributed by atoms with Gasteiger partial charge in [0, 0.05) is 7.05 Å². The minimum atomic E-state index is -3.79. The second-order valence-electron chi connectivity index (χ2n) is 4.32. The zero-order chi connectivity index (χ0) is 15.8. The summed E-state index contributed by atoms with van der Waals surface area (Å²) in [5.74, 6) is -1.17. The number of halogens is 1. The minimum Gasteiger partial charge on any atom is -0.478 e. The molecule has 1 heterocycles. The third kappa shape index (κ3) is 2.97. The first-order chi connectivity index (χ1) is 9.75. The van der Waals surface area contributed by atoms with Crippen LogP contribution in [0, 0.1) is 6.92 Å². The maximum absolute atomic E-state index is 12.6. The fourth-order valence-corrected chi connectivity index (χ4v) is 5.36. The molecule has 0 unspecified atom stereocenters. The first kappa shape index (κ1) is 16.0. The highest BCUT2D eigenvalue weighted by Crippen LogP contribution is 2.34. The van der Waals surface area contributed by atoms with Crippen LogP contribution in [0.2, 0.25) is 0 Å². The number of aromatic carboxylic acids is 1. The number of hydrogen-bond acceptors (Lipinski definition) is 4. The standard InChI is InChI=1S/C13H12BrNO4S2/c1-8-7-11(20-12(8)14)21(18,19)15(2)10-6-4-3-5-9(10)13(16)17/h3-7H,1-2H3,(H,16,17). The molecule has 0 atom stereocenters. The Kier molecular flexibility index (Phi) is 4.40. The molecule has 5 nitrogen and oxygen atoms in total. The van der Waals surface area contributed by atoms with Gasteiger partial charge in [-0.2, -0.15) is 0 Å². The van der Waals surface area contributed by atoms with Crippen molar-refractivity contribution in [2.24, 2.45) is 0 Å². The van der Waals surface area contributed by atoms with Crippen molar-refractivity contribution in [3.05, 3.63) is 45.2 Å². The Labute approximate surface area is 135 Å². The number of nitrogens with zero attached hydrogens (tertiary/aromatic N) is 1. The number of carboxylic acids is 1. The van der Waals surface area contributed by atoms with Crippen LogP contribution in [0.4, 0.5) is 5.69 Å². The lowest BCUT2D eigenvalue weighted by atomic mass is 10.2. The molecule has 0 bridgehead atoms. The molecule has 2 aromatic rings. The Morgan fingerprint density at radius 3 is 2.48 bits per heavy atom. The number of carbonyl (C=O) groups is 1. The highest BCUT2D eigenvalue weighted by atomic mass is 79.9. The Bertz CT molecular complexity index is 779. The van der Waals surface area contributed by atoms with Crippen molar-refractivity contribution in [3.63, 3.8) is 0 Å². The van der Waals surface area contributed by atoms with Crippen LogP contribution in [0.5, 0.6) is 0 Å². The van der Waals surface area contributed by atoms with Gasteiger partial charge in [0.25, 0.3) is 10.0 Å². The van der Waals surface area contributed by atoms with E-state index < -0.39 is 16.0 Å². The summed E-state index contributed by atoms with van der Waals surface area (Å²) in [6, 6.07) is 7.56. The average Bonchev–Trinajstić information content (AvgIpc) is 2.78. The van der Waals surface area contributed by atoms with E-state index in [0.29, 0.717) is 0 Å². The Hall–Kier alpha value is -1.38. The largest absolute Gasteiger partial charge is 0.478 e. The Morgan fingerprint density at radius 1 is 1.33 bits per heavy atom. The number of rotatable bonds is 4. The van der Waals surface area contributed by atoms with Crippen molar-refractivity contribution in [1.29, 1.82) is 0 Å². The van der Waals surface area contributed by atoms with Gasteiger partial charge in [-0.15, -0.1) is 11.3 Å². The molecular formula is C13H12BrNO4S2. The third-order valence-electron chi connectivity index (χ3n) is 2.92. The lowest BCUT2D eigenvalue weighted by Crippen LogP contribution is -2.27. The van der Waals surface area contributed by atoms with Gasteiger partial charge in [0.2, 0.25) is 0 Å². The van der Waals surface area contributed by atoms with Crippen molar-refractivity contribution in [3.8, 4) is 0 Å². The zero-order valence-electron chi connectivity index (χ0n) is 11.2. The quantitative estimate of drug-likeness (QED) is 0.869. The molecule has 0 radical (unpaired) electrons. The van der Waals surface area contributed by atoms with Crippen molar-refractivity contribution in [1.82, 2.24) is 0 Å². The molecule has 0 saturated carbocycles. The van der Waals surface area contributed by atoms with Gasteiger partial charge in [-0.25, -0.2) is 13.2 Å². The van der Waals surface area contributed by atoms with Gasteiger partial charge in [-0.3, -0.25) is 4.31 Å². The number of carboxylic acid groups (broad SMARTS) is 1. The van der Waals surface area contributed by atoms with E-state index in [-0.39, 0.29) is 15.5 Å². The van der Waals surface area contributed by atoms with Gasteiger partial charge in [-0.05, 0) is 46.6 Å². The van der Waals surface area contributed by atoms with E-state index >= 15 is 0 Å². The minimum absolute atomic E-state index is 0.0593. The summed E-state index contributed by atoms with van der Waals surface area (Å²) in [5, 5.41) is 9.17. The molecule has 0 amide bonds. The second kappa shape index (κ2) is 5.78. The SMILES string of the molecule is Cc1cc(S(=O)(=O)N(C)c2ccccc2C(=O)O)sc1Br. The molecule has 0 aliphatic rings. The first-order valence-electron chi connectivity index (χ1n) is 5.82. The number of hydrogen-bond donors (Lipinski definition) is 1. The molecule has 0 fully saturated rings. The summed E-state index contributed by atoms with van der Waals surface area (Å²) in [5.41, 5.74) is 0.890. The van der Waals surface area contributed by atoms with Gasteiger partial charge in [-0.1, -0.05) is 12.1 Å². The summed E-state index contributed by atoms with van der Waals surface area (Å²) in [7, 11) is -2.44. The van der Waals surface area contributed by atoms with E-state index in [1.165, 1.54) is 19.2 Å². The molecule has 1 aromatic heterocycles. The summed E-state index contributed by atoms with van der Waals surface area (Å²) < 4.78 is 27.1. The van der Waals surface area contributed by atoms with Gasteiger partial charge in [0.1, 0.15) is 4.21 Å². The number of benzene rings is 1. The van der Waals surface area contributed by atoms with Crippen LogP contribution in [0.3, 0.4) is 0 Å². The summed E-state index contributed by atoms with van der Waals surface area (Å²) in [6.07, 6.45) is 0. The molecule has 2 rings (SSSR count). The number of para-hydroxylation sites is 1. The fourth-order valence-electron chi connectivity index (χ4n) is 1.75. The van der Waals surface area contributed by atoms with Crippen LogP contribution in [-0.4, -0.2) is 26.5 Å². The maximum Gasteiger partial charge on any atom is 0.337 e. The second-order valence-corrected chi connectivity index (χ2v) is 8.88. The number of thiophene rings is 1. The number of aryl methyl sites for hydroxylation is 1. The van der Waals surface area contributed by atoms with Gasteiger partial charge in [0.05, 0.1) is 15.0 Å². The van der Waals surface area contributed by atoms with Crippen molar-refractivity contribution < 1.29 is 18.3 Å². The molecule has 1 aromatic carbocycles. The van der Waals surface area contributed by atoms with E-state index in [1.54, 1.807) is 25.1 Å². The molecule has 0 aliphatic carbocycles. The molecular weight excluding hydrogens is 378 g/mol. The van der Waals surface area contributed by atoms with Crippen LogP contribution in [0.15, 0.2) is 38.3 Å². The van der Waals surface area contributed by atoms with Crippen LogP contribution in [-0.2, 0) is 10.0 Å². The fraction of sp³-hybridized carbons (Fsp3) is 0.154. The van der Waals surface area contributed by atoms with Crippen LogP contribution < -0.4 is 4.31 Å². The summed E-state index contributed by atoms with van der Waals surface area (Å²) in [6.45, 7) is 1.80. The van der Waals surface area contributed by atoms with Crippen LogP contribution in [0.1, 0.15) is 15.9 Å². The van der Waals surface area contributed by atoms with Crippen LogP contribution in [0.25, 0.3) is 0 Å². The highest BCUT2D eigenvalue weighted by Gasteiger charge is 2.27. The van der Waals surface area contributed by atoms with E-state index in [4.69, 9.17) is 0 Å². The van der Waals surface area contributed by atoms with Crippen LogP contribution >= 0.6 is 27.3 Å². The van der Waals surface area contributed by atoms with Crippen molar-refractivity contribution >= 4 is 48.9 Å². The predicted molar refractivity (Wildman–Crippen MR) is 85.7 cm³/mol. The van der Waals surface area contributed by atoms with E-state index in [0.717, 1.165) is 25.0 Å². The molecule has 112 valence electrons. The molecule has 21 heavy (non-hydrogen) atoms. The Morgan fingerprint density at radius 2 is 1.95 bits per heavy atom. The highest BCUT2D eigenvalue weighted by molar-refractivity contribution is 9.11. The van der Waals surface area contributed by atoms with Crippen molar-refractivity contribution in [2.75, 3.05) is 11.4 Å². The van der Waals surface area contributed by atoms with E-state index in [1.807, 2.05) is 0 Å². The molecule has 8 heteroatoms. The number of anilines is 1. The lowest BCUT2D eigenvalue weighted by Gasteiger charge is -2.20. The smallest absolute Gasteiger partial charge is 0.337 e. The Balaban J connectivity index is 2.53. The topological polar surface area (TPSA) is 74.7 Å². The molecule has 1 N–H and O–H groups in total. The normalized spacial score (nSPS) is 11.4. The monoisotopic (exact) mass is 389 g/mol. The molecule has 0 saturated heterocycles. The average molecular weight is 390 g/mol. The predicted octanol–water partition coefficient (Wildman–Crippen LogP) is 3.34. The molecule has 0 aliphatic heterocycles. The van der Waals surface area contributed by atoms with Gasteiger partial charge < -0.3 is 5.11 Å². The number of sulfonamides is 1. The lowest BCUT2D eigenvalue weighted by molar-refractivity contribution is 0.0698. The van der Waals surface area contributed by atoms with E-state index in [2.05, 4.69) is 15.9 Å². The zero-order valence-corrected chi connectivity index (χ0v) is 14.4. The molecule has 0 spiro atoms. The first-order valence-corrected chi connectivity index (χ1v) is 8.87. The van der Waals surface area contributed by atoms with Crippen molar-refractivity contribution in [2.45, 2.75) is 11.1 Å². The van der Waals surface area contributed by atoms with Gasteiger partial charge >= 0.3 is 5.97 Å². The summed E-state index contributed by atoms with van der Waals surface area (Å²) >= 11 is 4.39. The van der Waals surface area contributed by atoms with E-state index in [9.17, 15) is 18.3 Å². The third-order valence-corrected chi connectivity index (χ3v) is 7.28.